The highest BCUT2D eigenvalue weighted by Gasteiger charge is 2.40. The topological polar surface area (TPSA) is 62.2 Å². The van der Waals surface area contributed by atoms with Gasteiger partial charge in [-0.1, -0.05) is 6.92 Å². The van der Waals surface area contributed by atoms with Crippen LogP contribution in [0.4, 0.5) is 0 Å². The Labute approximate surface area is 115 Å². The Morgan fingerprint density at radius 3 is 3.00 bits per heavy atom. The zero-order chi connectivity index (χ0) is 13.2. The highest BCUT2D eigenvalue weighted by Crippen LogP contribution is 2.29. The molecule has 0 aliphatic carbocycles. The van der Waals surface area contributed by atoms with E-state index in [1.165, 1.54) is 0 Å². The molecule has 1 aromatic heterocycles. The Morgan fingerprint density at radius 2 is 2.50 bits per heavy atom. The number of hydrogen-bond acceptors (Lipinski definition) is 5. The molecule has 1 amide bonds. The Bertz CT molecular complexity index is 427. The third-order valence-electron chi connectivity index (χ3n) is 3.07. The van der Waals surface area contributed by atoms with Gasteiger partial charge in [-0.3, -0.25) is 4.79 Å². The summed E-state index contributed by atoms with van der Waals surface area (Å²) in [6.07, 6.45) is 1.32. The molecule has 0 aromatic carbocycles. The molecule has 2 N–H and O–H groups in total. The molecule has 1 saturated heterocycles. The van der Waals surface area contributed by atoms with Crippen molar-refractivity contribution in [1.29, 1.82) is 0 Å². The summed E-state index contributed by atoms with van der Waals surface area (Å²) < 4.78 is 0. The first-order chi connectivity index (χ1) is 8.55. The number of aryl methyl sites for hydroxylation is 1. The SMILES string of the molecule is CCC(NC(=O)C1(O)CCSC1)c1nc(C)cs1. The molecule has 0 spiro atoms. The molecule has 0 bridgehead atoms. The van der Waals surface area contributed by atoms with Crippen LogP contribution in [0.25, 0.3) is 0 Å². The van der Waals surface area contributed by atoms with Crippen LogP contribution in [0, 0.1) is 6.92 Å². The maximum absolute atomic E-state index is 12.1. The first-order valence-electron chi connectivity index (χ1n) is 6.08. The lowest BCUT2D eigenvalue weighted by Gasteiger charge is -2.23. The zero-order valence-electron chi connectivity index (χ0n) is 10.6. The first kappa shape index (κ1) is 13.8. The van der Waals surface area contributed by atoms with Gasteiger partial charge in [0.25, 0.3) is 5.91 Å². The molecule has 6 heteroatoms. The highest BCUT2D eigenvalue weighted by molar-refractivity contribution is 7.99. The fraction of sp³-hybridized carbons (Fsp3) is 0.667. The lowest BCUT2D eigenvalue weighted by Crippen LogP contribution is -2.48. The van der Waals surface area contributed by atoms with Gasteiger partial charge in [0.2, 0.25) is 0 Å². The molecule has 100 valence electrons. The van der Waals surface area contributed by atoms with Crippen molar-refractivity contribution < 1.29 is 9.90 Å². The van der Waals surface area contributed by atoms with Gasteiger partial charge in [-0.2, -0.15) is 11.8 Å². The maximum Gasteiger partial charge on any atom is 0.253 e. The number of aromatic nitrogens is 1. The molecule has 2 rings (SSSR count). The van der Waals surface area contributed by atoms with Crippen LogP contribution in [0.5, 0.6) is 0 Å². The summed E-state index contributed by atoms with van der Waals surface area (Å²) in [6.45, 7) is 3.95. The summed E-state index contributed by atoms with van der Waals surface area (Å²) in [7, 11) is 0. The van der Waals surface area contributed by atoms with Crippen LogP contribution in [-0.4, -0.2) is 33.1 Å². The Balaban J connectivity index is 2.04. The molecule has 2 atom stereocenters. The van der Waals surface area contributed by atoms with Crippen LogP contribution in [0.2, 0.25) is 0 Å². The fourth-order valence-corrected chi connectivity index (χ4v) is 4.07. The minimum atomic E-state index is -1.19. The number of nitrogens with zero attached hydrogens (tertiary/aromatic N) is 1. The third-order valence-corrected chi connectivity index (χ3v) is 5.32. The van der Waals surface area contributed by atoms with Crippen molar-refractivity contribution in [2.24, 2.45) is 0 Å². The summed E-state index contributed by atoms with van der Waals surface area (Å²) >= 11 is 3.17. The minimum Gasteiger partial charge on any atom is -0.379 e. The zero-order valence-corrected chi connectivity index (χ0v) is 12.2. The number of carbonyl (C=O) groups excluding carboxylic acids is 1. The van der Waals surface area contributed by atoms with E-state index in [9.17, 15) is 9.90 Å². The van der Waals surface area contributed by atoms with Gasteiger partial charge in [0, 0.05) is 16.8 Å². The van der Waals surface area contributed by atoms with E-state index in [0.29, 0.717) is 12.2 Å². The average molecular weight is 286 g/mol. The molecule has 0 radical (unpaired) electrons. The molecule has 2 heterocycles. The third kappa shape index (κ3) is 2.87. The molecule has 2 unspecified atom stereocenters. The largest absolute Gasteiger partial charge is 0.379 e. The van der Waals surface area contributed by atoms with Crippen LogP contribution in [0.3, 0.4) is 0 Å². The summed E-state index contributed by atoms with van der Waals surface area (Å²) in [4.78, 5) is 16.5. The molecule has 1 aliphatic rings. The number of thiazole rings is 1. The minimum absolute atomic E-state index is 0.0918. The normalized spacial score (nSPS) is 25.1. The van der Waals surface area contributed by atoms with Crippen molar-refractivity contribution in [2.45, 2.75) is 38.3 Å². The lowest BCUT2D eigenvalue weighted by atomic mass is 10.0. The van der Waals surface area contributed by atoms with Crippen LogP contribution in [0.1, 0.15) is 36.5 Å². The quantitative estimate of drug-likeness (QED) is 0.887. The monoisotopic (exact) mass is 286 g/mol. The van der Waals surface area contributed by atoms with Crippen molar-refractivity contribution in [3.63, 3.8) is 0 Å². The first-order valence-corrected chi connectivity index (χ1v) is 8.11. The number of nitrogens with one attached hydrogen (secondary N) is 1. The Kier molecular flexibility index (Phi) is 4.29. The predicted octanol–water partition coefficient (Wildman–Crippen LogP) is 1.89. The van der Waals surface area contributed by atoms with E-state index in [1.807, 2.05) is 19.2 Å². The van der Waals surface area contributed by atoms with E-state index in [2.05, 4.69) is 10.3 Å². The van der Waals surface area contributed by atoms with Crippen LogP contribution in [0.15, 0.2) is 5.38 Å². The summed E-state index contributed by atoms with van der Waals surface area (Å²) in [6, 6.07) is -0.0918. The van der Waals surface area contributed by atoms with Crippen molar-refractivity contribution in [1.82, 2.24) is 10.3 Å². The van der Waals surface area contributed by atoms with Crippen LogP contribution >= 0.6 is 23.1 Å². The summed E-state index contributed by atoms with van der Waals surface area (Å²) in [5.41, 5.74) is -0.220. The van der Waals surface area contributed by atoms with Gasteiger partial charge in [0.15, 0.2) is 5.60 Å². The lowest BCUT2D eigenvalue weighted by molar-refractivity contribution is -0.138. The van der Waals surface area contributed by atoms with Gasteiger partial charge < -0.3 is 10.4 Å². The Morgan fingerprint density at radius 1 is 1.72 bits per heavy atom. The molecule has 1 fully saturated rings. The Hall–Kier alpha value is -0.590. The highest BCUT2D eigenvalue weighted by atomic mass is 32.2. The van der Waals surface area contributed by atoms with Gasteiger partial charge in [-0.05, 0) is 25.5 Å². The average Bonchev–Trinajstić information content (AvgIpc) is 2.96. The molecular weight excluding hydrogens is 268 g/mol. The predicted molar refractivity (Wildman–Crippen MR) is 74.9 cm³/mol. The van der Waals surface area contributed by atoms with E-state index in [-0.39, 0.29) is 11.9 Å². The van der Waals surface area contributed by atoms with Gasteiger partial charge in [0.05, 0.1) is 6.04 Å². The molecular formula is C12H18N2O2S2. The number of rotatable bonds is 4. The van der Waals surface area contributed by atoms with E-state index in [1.54, 1.807) is 23.1 Å². The standard InChI is InChI=1S/C12H18N2O2S2/c1-3-9(10-13-8(2)6-18-10)14-11(15)12(16)4-5-17-7-12/h6,9,16H,3-5,7H2,1-2H3,(H,14,15). The molecule has 1 aromatic rings. The molecule has 18 heavy (non-hydrogen) atoms. The molecule has 4 nitrogen and oxygen atoms in total. The van der Waals surface area contributed by atoms with Crippen molar-refractivity contribution in [2.75, 3.05) is 11.5 Å². The van der Waals surface area contributed by atoms with Crippen LogP contribution < -0.4 is 5.32 Å². The van der Waals surface area contributed by atoms with E-state index < -0.39 is 5.60 Å². The number of hydrogen-bond donors (Lipinski definition) is 2. The van der Waals surface area contributed by atoms with Gasteiger partial charge >= 0.3 is 0 Å². The van der Waals surface area contributed by atoms with Crippen molar-refractivity contribution >= 4 is 29.0 Å². The van der Waals surface area contributed by atoms with E-state index >= 15 is 0 Å². The maximum atomic E-state index is 12.1. The summed E-state index contributed by atoms with van der Waals surface area (Å²) in [5, 5.41) is 16.0. The number of amides is 1. The second-order valence-electron chi connectivity index (χ2n) is 4.60. The number of carbonyl (C=O) groups is 1. The van der Waals surface area contributed by atoms with Crippen molar-refractivity contribution in [3.8, 4) is 0 Å². The van der Waals surface area contributed by atoms with Gasteiger partial charge in [-0.15, -0.1) is 11.3 Å². The molecule has 1 aliphatic heterocycles. The molecule has 0 saturated carbocycles. The fourth-order valence-electron chi connectivity index (χ4n) is 1.90. The second-order valence-corrected chi connectivity index (χ2v) is 6.59. The smallest absolute Gasteiger partial charge is 0.253 e. The second kappa shape index (κ2) is 5.59. The number of aliphatic hydroxyl groups is 1. The van der Waals surface area contributed by atoms with Gasteiger partial charge in [-0.25, -0.2) is 4.98 Å². The van der Waals surface area contributed by atoms with Crippen LogP contribution in [-0.2, 0) is 4.79 Å². The van der Waals surface area contributed by atoms with Gasteiger partial charge in [0.1, 0.15) is 5.01 Å². The van der Waals surface area contributed by atoms with E-state index in [0.717, 1.165) is 22.9 Å². The van der Waals surface area contributed by atoms with Crippen molar-refractivity contribution in [3.05, 3.63) is 16.1 Å². The number of thioether (sulfide) groups is 1. The summed E-state index contributed by atoms with van der Waals surface area (Å²) in [5.74, 6) is 1.08. The van der Waals surface area contributed by atoms with E-state index in [4.69, 9.17) is 0 Å².